The smallest absolute Gasteiger partial charge is 0.233 e. The molecule has 6 aliphatic carbocycles. The van der Waals surface area contributed by atoms with Gasteiger partial charge in [0.05, 0.1) is 27.6 Å². The zero-order valence-corrected chi connectivity index (χ0v) is 23.5. The molecule has 0 aromatic carbocycles. The number of piperidine rings is 1. The van der Waals surface area contributed by atoms with Crippen molar-refractivity contribution in [2.45, 2.75) is 57.3 Å². The number of ketones is 2. The first-order valence-electron chi connectivity index (χ1n) is 14.7. The summed E-state index contributed by atoms with van der Waals surface area (Å²) in [7, 11) is 0. The standard InChI is InChI=1S/C33H32N4O4/c1-5-32-6-7-36(22(32)8-20(38)26-24(32)16(2)10-34-26)28(40)30-13-31(14-30,15-30)29(41)37-12-19-18(4)33(19)23(37)9-21(39)27-25(33)17(3)11-35-27/h5,8-11,18-19,34-35H,1,6-7,12-15H2,2-4H3/t18-,19+,30?,31?,32+,33+/m1/s1. The zero-order valence-electron chi connectivity index (χ0n) is 23.5. The molecular weight excluding hydrogens is 516 g/mol. The molecule has 4 heterocycles. The Morgan fingerprint density at radius 2 is 1.46 bits per heavy atom. The Morgan fingerprint density at radius 1 is 0.902 bits per heavy atom. The molecule has 2 aromatic heterocycles. The summed E-state index contributed by atoms with van der Waals surface area (Å²) in [6.07, 6.45) is 11.2. The first kappa shape index (κ1) is 23.7. The lowest BCUT2D eigenvalue weighted by Crippen LogP contribution is -2.72. The number of amides is 2. The van der Waals surface area contributed by atoms with Gasteiger partial charge in [0.25, 0.3) is 0 Å². The predicted molar refractivity (Wildman–Crippen MR) is 149 cm³/mol. The van der Waals surface area contributed by atoms with Crippen molar-refractivity contribution < 1.29 is 19.2 Å². The average molecular weight is 549 g/mol. The van der Waals surface area contributed by atoms with Crippen LogP contribution in [0.15, 0.2) is 48.6 Å². The fraction of sp³-hybridized carbons (Fsp3) is 0.455. The molecule has 10 rings (SSSR count). The van der Waals surface area contributed by atoms with Crippen molar-refractivity contribution in [1.29, 1.82) is 0 Å². The minimum atomic E-state index is -0.559. The maximum atomic E-state index is 14.1. The van der Waals surface area contributed by atoms with E-state index in [1.54, 1.807) is 12.2 Å². The molecule has 2 N–H and O–H groups in total. The lowest BCUT2D eigenvalue weighted by atomic mass is 9.34. The Morgan fingerprint density at radius 3 is 2.10 bits per heavy atom. The molecule has 0 unspecified atom stereocenters. The summed E-state index contributed by atoms with van der Waals surface area (Å²) in [6, 6.07) is 0. The van der Waals surface area contributed by atoms with E-state index < -0.39 is 16.2 Å². The zero-order chi connectivity index (χ0) is 28.4. The van der Waals surface area contributed by atoms with Crippen LogP contribution in [0.4, 0.5) is 0 Å². The number of aromatic nitrogens is 2. The van der Waals surface area contributed by atoms with E-state index in [1.165, 1.54) is 0 Å². The van der Waals surface area contributed by atoms with E-state index in [0.29, 0.717) is 62.0 Å². The van der Waals surface area contributed by atoms with E-state index in [-0.39, 0.29) is 28.8 Å². The van der Waals surface area contributed by atoms with Crippen LogP contribution in [0.3, 0.4) is 0 Å². The van der Waals surface area contributed by atoms with Gasteiger partial charge in [-0.1, -0.05) is 13.0 Å². The first-order valence-corrected chi connectivity index (χ1v) is 14.7. The van der Waals surface area contributed by atoms with Gasteiger partial charge in [-0.25, -0.2) is 0 Å². The number of nitrogens with zero attached hydrogens (tertiary/aromatic N) is 2. The average Bonchev–Trinajstić information content (AvgIpc) is 3.44. The van der Waals surface area contributed by atoms with Crippen molar-refractivity contribution in [2.24, 2.45) is 22.7 Å². The summed E-state index contributed by atoms with van der Waals surface area (Å²) >= 11 is 0. The summed E-state index contributed by atoms with van der Waals surface area (Å²) in [6.45, 7) is 11.5. The van der Waals surface area contributed by atoms with Crippen LogP contribution in [0.2, 0.25) is 0 Å². The quantitative estimate of drug-likeness (QED) is 0.566. The van der Waals surface area contributed by atoms with E-state index in [1.807, 2.05) is 42.1 Å². The molecule has 2 aromatic rings. The number of carbonyl (C=O) groups is 4. The van der Waals surface area contributed by atoms with Crippen LogP contribution < -0.4 is 0 Å². The van der Waals surface area contributed by atoms with E-state index in [9.17, 15) is 19.2 Å². The Hall–Kier alpha value is -3.94. The molecule has 4 atom stereocenters. The van der Waals surface area contributed by atoms with Crippen molar-refractivity contribution in [3.8, 4) is 0 Å². The topological polar surface area (TPSA) is 106 Å². The van der Waals surface area contributed by atoms with Gasteiger partial charge in [-0.15, -0.1) is 6.58 Å². The molecule has 8 aliphatic rings. The second kappa shape index (κ2) is 6.75. The number of allylic oxidation sites excluding steroid dienone is 4. The summed E-state index contributed by atoms with van der Waals surface area (Å²) in [4.78, 5) is 64.3. The van der Waals surface area contributed by atoms with Crippen LogP contribution in [0.1, 0.15) is 75.8 Å². The molecule has 2 saturated heterocycles. The Kier molecular flexibility index (Phi) is 3.91. The van der Waals surface area contributed by atoms with Gasteiger partial charge in [-0.05, 0) is 73.6 Å². The fourth-order valence-corrected chi connectivity index (χ4v) is 10.3. The number of aryl methyl sites for hydroxylation is 2. The van der Waals surface area contributed by atoms with Gasteiger partial charge in [-0.3, -0.25) is 19.2 Å². The van der Waals surface area contributed by atoms with E-state index in [2.05, 4.69) is 23.5 Å². The third-order valence-corrected chi connectivity index (χ3v) is 12.2. The predicted octanol–water partition coefficient (Wildman–Crippen LogP) is 3.99. The molecule has 6 fully saturated rings. The summed E-state index contributed by atoms with van der Waals surface area (Å²) in [5.41, 5.74) is 5.03. The van der Waals surface area contributed by atoms with E-state index >= 15 is 0 Å². The number of aromatic amines is 2. The number of rotatable bonds is 3. The normalized spacial score (nSPS) is 38.5. The Bertz CT molecular complexity index is 1760. The third-order valence-electron chi connectivity index (χ3n) is 12.2. The van der Waals surface area contributed by atoms with Crippen molar-refractivity contribution in [3.05, 3.63) is 82.2 Å². The lowest BCUT2D eigenvalue weighted by molar-refractivity contribution is -0.219. The number of nitrogens with one attached hydrogen (secondary N) is 2. The van der Waals surface area contributed by atoms with Crippen molar-refractivity contribution in [1.82, 2.24) is 19.8 Å². The Balaban J connectivity index is 0.981. The largest absolute Gasteiger partial charge is 0.358 e. The van der Waals surface area contributed by atoms with E-state index in [0.717, 1.165) is 33.6 Å². The number of fused-ring (bicyclic) bond motifs is 4. The molecule has 0 radical (unpaired) electrons. The van der Waals surface area contributed by atoms with Gasteiger partial charge in [0, 0.05) is 54.4 Å². The molecule has 2 bridgehead atoms. The molecule has 8 nitrogen and oxygen atoms in total. The van der Waals surface area contributed by atoms with Gasteiger partial charge in [0.1, 0.15) is 0 Å². The number of carbonyl (C=O) groups excluding carboxylic acids is 4. The van der Waals surface area contributed by atoms with Gasteiger partial charge in [0.2, 0.25) is 23.4 Å². The molecule has 4 saturated carbocycles. The van der Waals surface area contributed by atoms with Gasteiger partial charge in [-0.2, -0.15) is 0 Å². The highest BCUT2D eigenvalue weighted by molar-refractivity contribution is 6.10. The summed E-state index contributed by atoms with van der Waals surface area (Å²) in [5, 5.41) is 0. The van der Waals surface area contributed by atoms with Crippen molar-refractivity contribution in [2.75, 3.05) is 13.1 Å². The second-order valence-corrected chi connectivity index (χ2v) is 13.9. The van der Waals surface area contributed by atoms with Crippen LogP contribution >= 0.6 is 0 Å². The number of likely N-dealkylation sites (tertiary alicyclic amines) is 2. The van der Waals surface area contributed by atoms with Crippen LogP contribution in [-0.4, -0.2) is 56.2 Å². The SMILES string of the molecule is C=C[C@]12CCN(C(=O)C34CC(C(=O)N5C[C@H]6[C@@H](C)[C@@]67C5=CC(=O)c5[nH]cc(C)c57)(C3)C4)C1=CC(=O)c1[nH]cc(C)c12. The summed E-state index contributed by atoms with van der Waals surface area (Å²) < 4.78 is 0. The van der Waals surface area contributed by atoms with Gasteiger partial charge < -0.3 is 19.8 Å². The highest BCUT2D eigenvalue weighted by Gasteiger charge is 2.79. The molecule has 208 valence electrons. The van der Waals surface area contributed by atoms with Crippen molar-refractivity contribution in [3.63, 3.8) is 0 Å². The van der Waals surface area contributed by atoms with Gasteiger partial charge in [0.15, 0.2) is 0 Å². The molecule has 2 amide bonds. The minimum Gasteiger partial charge on any atom is -0.358 e. The van der Waals surface area contributed by atoms with Crippen LogP contribution in [0, 0.1) is 36.5 Å². The highest BCUT2D eigenvalue weighted by Crippen LogP contribution is 2.77. The Labute approximate surface area is 237 Å². The van der Waals surface area contributed by atoms with Crippen LogP contribution in [0.5, 0.6) is 0 Å². The molecule has 1 spiro atoms. The molecule has 41 heavy (non-hydrogen) atoms. The second-order valence-electron chi connectivity index (χ2n) is 13.9. The monoisotopic (exact) mass is 548 g/mol. The summed E-state index contributed by atoms with van der Waals surface area (Å²) in [5.74, 6) is 0.624. The molecule has 8 heteroatoms. The highest BCUT2D eigenvalue weighted by atomic mass is 16.2. The number of H-pyrrole nitrogens is 2. The number of hydrogen-bond donors (Lipinski definition) is 2. The van der Waals surface area contributed by atoms with Crippen LogP contribution in [-0.2, 0) is 20.4 Å². The third kappa shape index (κ3) is 2.29. The maximum Gasteiger partial charge on any atom is 0.233 e. The molecule has 2 aliphatic heterocycles. The van der Waals surface area contributed by atoms with E-state index in [4.69, 9.17) is 0 Å². The van der Waals surface area contributed by atoms with Gasteiger partial charge >= 0.3 is 0 Å². The van der Waals surface area contributed by atoms with Crippen molar-refractivity contribution >= 4 is 23.4 Å². The minimum absolute atomic E-state index is 0.0283. The number of hydrogen-bond acceptors (Lipinski definition) is 4. The maximum absolute atomic E-state index is 14.1. The fourth-order valence-electron chi connectivity index (χ4n) is 10.3. The van der Waals surface area contributed by atoms with Crippen LogP contribution in [0.25, 0.3) is 0 Å². The lowest BCUT2D eigenvalue weighted by Gasteiger charge is -2.69. The first-order chi connectivity index (χ1) is 19.5. The molecular formula is C33H32N4O4.